The van der Waals surface area contributed by atoms with Gasteiger partial charge in [0.05, 0.1) is 0 Å². The van der Waals surface area contributed by atoms with Gasteiger partial charge in [-0.1, -0.05) is 0 Å². The minimum atomic E-state index is -0.0550. The van der Waals surface area contributed by atoms with E-state index in [0.29, 0.717) is 6.04 Å². The molecule has 0 N–H and O–H groups in total. The number of hydrogen-bond donors (Lipinski definition) is 0. The first-order chi connectivity index (χ1) is 9.66. The maximum atomic E-state index is 2.45. The van der Waals surface area contributed by atoms with Crippen LogP contribution in [0.25, 0.3) is 6.08 Å². The fraction of sp³-hybridized carbons (Fsp3) is 0.333. The Kier molecular flexibility index (Phi) is 6.10. The summed E-state index contributed by atoms with van der Waals surface area (Å²) in [4.78, 5) is 2.29. The first-order valence-electron chi connectivity index (χ1n) is 7.08. The number of likely N-dealkylation sites (N-methyl/N-ethyl adjacent to an activating group) is 1. The number of benzene rings is 1. The SMILES string of the molecule is CC(C1=CC([Te]C/C=C/c2ccccc2)=CC1)N(C)C. The maximum absolute atomic E-state index is 2.45. The Bertz CT molecular complexity index is 511. The van der Waals surface area contributed by atoms with E-state index in [0.717, 1.165) is 6.42 Å². The van der Waals surface area contributed by atoms with Gasteiger partial charge in [-0.15, -0.1) is 0 Å². The Morgan fingerprint density at radius 3 is 2.70 bits per heavy atom. The van der Waals surface area contributed by atoms with Crippen LogP contribution in [0.1, 0.15) is 18.9 Å². The zero-order valence-electron chi connectivity index (χ0n) is 12.5. The van der Waals surface area contributed by atoms with E-state index in [2.05, 4.69) is 80.6 Å². The minimum absolute atomic E-state index is 0.0550. The third-order valence-electron chi connectivity index (χ3n) is 3.63. The van der Waals surface area contributed by atoms with Crippen LogP contribution in [-0.4, -0.2) is 46.0 Å². The molecule has 0 bridgehead atoms. The van der Waals surface area contributed by atoms with E-state index in [1.165, 1.54) is 10.0 Å². The monoisotopic (exact) mass is 383 g/mol. The Morgan fingerprint density at radius 2 is 2.00 bits per heavy atom. The molecule has 1 nitrogen and oxygen atoms in total. The summed E-state index contributed by atoms with van der Waals surface area (Å²) < 4.78 is 2.86. The van der Waals surface area contributed by atoms with Crippen molar-refractivity contribution in [2.45, 2.75) is 23.9 Å². The summed E-state index contributed by atoms with van der Waals surface area (Å²) in [5, 5.41) is 0. The van der Waals surface area contributed by atoms with Crippen LogP contribution in [0.5, 0.6) is 0 Å². The Balaban J connectivity index is 1.80. The Morgan fingerprint density at radius 1 is 1.25 bits per heavy atom. The predicted octanol–water partition coefficient (Wildman–Crippen LogP) is 3.99. The van der Waals surface area contributed by atoms with Crippen LogP contribution >= 0.6 is 0 Å². The molecule has 2 heteroatoms. The average molecular weight is 381 g/mol. The van der Waals surface area contributed by atoms with Gasteiger partial charge in [0.25, 0.3) is 0 Å². The number of hydrogen-bond acceptors (Lipinski definition) is 1. The van der Waals surface area contributed by atoms with Crippen molar-refractivity contribution in [3.63, 3.8) is 0 Å². The van der Waals surface area contributed by atoms with Crippen molar-refractivity contribution < 1.29 is 0 Å². The Hall–Kier alpha value is -0.810. The van der Waals surface area contributed by atoms with Crippen LogP contribution in [-0.2, 0) is 0 Å². The van der Waals surface area contributed by atoms with Crippen LogP contribution in [0.4, 0.5) is 0 Å². The van der Waals surface area contributed by atoms with E-state index in [1.54, 1.807) is 9.19 Å². The summed E-state index contributed by atoms with van der Waals surface area (Å²) in [5.74, 6) is 0. The van der Waals surface area contributed by atoms with Gasteiger partial charge in [-0.2, -0.15) is 0 Å². The second-order valence-electron chi connectivity index (χ2n) is 5.29. The molecule has 0 saturated heterocycles. The molecular formula is C18H23NTe. The second-order valence-corrected chi connectivity index (χ2v) is 8.41. The van der Waals surface area contributed by atoms with Crippen molar-refractivity contribution >= 4 is 27.0 Å². The molecule has 1 unspecified atom stereocenters. The molecule has 1 aromatic carbocycles. The molecule has 106 valence electrons. The van der Waals surface area contributed by atoms with Gasteiger partial charge in [-0.05, 0) is 0 Å². The van der Waals surface area contributed by atoms with Gasteiger partial charge < -0.3 is 0 Å². The van der Waals surface area contributed by atoms with Gasteiger partial charge in [0.15, 0.2) is 0 Å². The molecule has 0 spiro atoms. The van der Waals surface area contributed by atoms with Gasteiger partial charge in [-0.25, -0.2) is 0 Å². The van der Waals surface area contributed by atoms with Crippen molar-refractivity contribution in [2.24, 2.45) is 0 Å². The molecule has 0 heterocycles. The topological polar surface area (TPSA) is 3.24 Å². The van der Waals surface area contributed by atoms with E-state index in [4.69, 9.17) is 0 Å². The molecule has 0 saturated carbocycles. The summed E-state index contributed by atoms with van der Waals surface area (Å²) >= 11 is -0.0550. The van der Waals surface area contributed by atoms with E-state index < -0.39 is 0 Å². The molecule has 0 radical (unpaired) electrons. The average Bonchev–Trinajstić information content (AvgIpc) is 2.92. The van der Waals surface area contributed by atoms with E-state index >= 15 is 0 Å². The summed E-state index contributed by atoms with van der Waals surface area (Å²) in [6.07, 6.45) is 10.6. The number of allylic oxidation sites excluding steroid dienone is 4. The second kappa shape index (κ2) is 7.84. The third-order valence-corrected chi connectivity index (χ3v) is 6.42. The summed E-state index contributed by atoms with van der Waals surface area (Å²) in [6, 6.07) is 11.1. The molecule has 0 aliphatic heterocycles. The predicted molar refractivity (Wildman–Crippen MR) is 90.0 cm³/mol. The Labute approximate surface area is 133 Å². The zero-order chi connectivity index (χ0) is 14.4. The third kappa shape index (κ3) is 4.63. The van der Waals surface area contributed by atoms with Crippen molar-refractivity contribution in [1.82, 2.24) is 4.90 Å². The molecule has 20 heavy (non-hydrogen) atoms. The van der Waals surface area contributed by atoms with Crippen LogP contribution in [0, 0.1) is 0 Å². The van der Waals surface area contributed by atoms with Crippen LogP contribution in [0.3, 0.4) is 0 Å². The molecule has 2 rings (SSSR count). The van der Waals surface area contributed by atoms with E-state index in [1.807, 2.05) is 0 Å². The molecule has 1 aliphatic rings. The van der Waals surface area contributed by atoms with Crippen LogP contribution in [0.15, 0.2) is 57.8 Å². The fourth-order valence-electron chi connectivity index (χ4n) is 2.14. The van der Waals surface area contributed by atoms with Crippen molar-refractivity contribution in [3.8, 4) is 0 Å². The molecule has 1 aromatic rings. The normalized spacial score (nSPS) is 16.6. The van der Waals surface area contributed by atoms with E-state index in [-0.39, 0.29) is 20.9 Å². The summed E-state index contributed by atoms with van der Waals surface area (Å²) in [6.45, 7) is 2.29. The molecule has 1 atom stereocenters. The van der Waals surface area contributed by atoms with Gasteiger partial charge in [0, 0.05) is 0 Å². The first-order valence-corrected chi connectivity index (χ1v) is 9.89. The summed E-state index contributed by atoms with van der Waals surface area (Å²) in [5.41, 5.74) is 2.87. The van der Waals surface area contributed by atoms with Crippen molar-refractivity contribution in [2.75, 3.05) is 14.1 Å². The molecule has 0 fully saturated rings. The summed E-state index contributed by atoms with van der Waals surface area (Å²) in [7, 11) is 4.31. The zero-order valence-corrected chi connectivity index (χ0v) is 14.9. The first kappa shape index (κ1) is 15.6. The van der Waals surface area contributed by atoms with Gasteiger partial charge in [0.1, 0.15) is 0 Å². The van der Waals surface area contributed by atoms with Crippen molar-refractivity contribution in [3.05, 3.63) is 63.3 Å². The van der Waals surface area contributed by atoms with E-state index in [9.17, 15) is 0 Å². The van der Waals surface area contributed by atoms with Gasteiger partial charge in [0.2, 0.25) is 0 Å². The molecule has 0 amide bonds. The standard InChI is InChI=1S/C18H23NTe/c1-15(19(2)3)17-11-12-18(14-17)20-13-7-10-16-8-5-4-6-9-16/h4-10,12,14-15H,11,13H2,1-3H3/b10-7+. The molecular weight excluding hydrogens is 358 g/mol. The number of nitrogens with zero attached hydrogens (tertiary/aromatic N) is 1. The quantitative estimate of drug-likeness (QED) is 0.674. The van der Waals surface area contributed by atoms with Crippen molar-refractivity contribution in [1.29, 1.82) is 0 Å². The van der Waals surface area contributed by atoms with Gasteiger partial charge >= 0.3 is 133 Å². The fourth-order valence-corrected chi connectivity index (χ4v) is 4.48. The van der Waals surface area contributed by atoms with Gasteiger partial charge in [-0.3, -0.25) is 0 Å². The number of rotatable bonds is 6. The molecule has 1 aliphatic carbocycles. The molecule has 0 aromatic heterocycles. The van der Waals surface area contributed by atoms with Crippen LogP contribution in [0.2, 0.25) is 4.47 Å². The van der Waals surface area contributed by atoms with Crippen LogP contribution < -0.4 is 0 Å².